The molecule has 0 saturated carbocycles. The van der Waals surface area contributed by atoms with Crippen LogP contribution in [-0.4, -0.2) is 65.9 Å². The molecule has 0 spiro atoms. The van der Waals surface area contributed by atoms with Crippen molar-refractivity contribution in [1.82, 2.24) is 14.8 Å². The number of hydrogen-bond acceptors (Lipinski definition) is 4. The fraction of sp³-hybridized carbons (Fsp3) is 0.696. The number of rotatable bonds is 7. The third-order valence-corrected chi connectivity index (χ3v) is 6.46. The maximum atomic E-state index is 13.0. The minimum atomic E-state index is -0.249. The highest BCUT2D eigenvalue weighted by atomic mass is 16.2. The summed E-state index contributed by atoms with van der Waals surface area (Å²) in [6, 6.07) is 3.90. The molecule has 1 aromatic rings. The monoisotopic (exact) mass is 400 g/mol. The maximum absolute atomic E-state index is 13.0. The Hall–Kier alpha value is -2.11. The highest BCUT2D eigenvalue weighted by molar-refractivity contribution is 5.87. The molecule has 0 aliphatic carbocycles. The van der Waals surface area contributed by atoms with Crippen LogP contribution in [0.2, 0.25) is 0 Å². The number of anilines is 1. The van der Waals surface area contributed by atoms with Crippen molar-refractivity contribution in [3.63, 3.8) is 0 Å². The van der Waals surface area contributed by atoms with Crippen LogP contribution >= 0.6 is 0 Å². The molecule has 3 heterocycles. The molecule has 2 saturated heterocycles. The van der Waals surface area contributed by atoms with Crippen LogP contribution in [0.15, 0.2) is 24.5 Å². The van der Waals surface area contributed by atoms with Gasteiger partial charge in [-0.15, -0.1) is 0 Å². The summed E-state index contributed by atoms with van der Waals surface area (Å²) in [7, 11) is 1.91. The topological polar surface area (TPSA) is 56.8 Å². The Balaban J connectivity index is 1.45. The van der Waals surface area contributed by atoms with E-state index in [0.29, 0.717) is 12.3 Å². The van der Waals surface area contributed by atoms with Gasteiger partial charge in [0, 0.05) is 57.7 Å². The number of piperidine rings is 2. The molecule has 1 aromatic heterocycles. The molecule has 0 N–H and O–H groups in total. The molecule has 1 atom stereocenters. The fourth-order valence-electron chi connectivity index (χ4n) is 4.62. The van der Waals surface area contributed by atoms with Crippen LogP contribution in [0.5, 0.6) is 0 Å². The van der Waals surface area contributed by atoms with Gasteiger partial charge in [0.05, 0.1) is 0 Å². The van der Waals surface area contributed by atoms with Gasteiger partial charge in [0.25, 0.3) is 0 Å². The largest absolute Gasteiger partial charge is 0.371 e. The van der Waals surface area contributed by atoms with Crippen LogP contribution in [0.1, 0.15) is 58.3 Å². The zero-order chi connectivity index (χ0) is 20.6. The van der Waals surface area contributed by atoms with Crippen molar-refractivity contribution >= 4 is 17.5 Å². The fourth-order valence-corrected chi connectivity index (χ4v) is 4.62. The number of pyridine rings is 1. The number of carbonyl (C=O) groups excluding carboxylic acids is 2. The second-order valence-corrected chi connectivity index (χ2v) is 8.53. The molecular formula is C23H36N4O2. The van der Waals surface area contributed by atoms with Gasteiger partial charge in [0.15, 0.2) is 0 Å². The van der Waals surface area contributed by atoms with E-state index >= 15 is 0 Å². The Morgan fingerprint density at radius 2 is 1.83 bits per heavy atom. The first-order valence-corrected chi connectivity index (χ1v) is 11.3. The van der Waals surface area contributed by atoms with Crippen LogP contribution < -0.4 is 4.90 Å². The van der Waals surface area contributed by atoms with Crippen molar-refractivity contribution in [1.29, 1.82) is 0 Å². The van der Waals surface area contributed by atoms with E-state index in [4.69, 9.17) is 0 Å². The molecule has 6 nitrogen and oxygen atoms in total. The first-order valence-electron chi connectivity index (χ1n) is 11.3. The van der Waals surface area contributed by atoms with E-state index in [1.54, 1.807) is 0 Å². The Kier molecular flexibility index (Phi) is 7.90. The summed E-state index contributed by atoms with van der Waals surface area (Å²) in [5.74, 6) is 0.929. The quantitative estimate of drug-likeness (QED) is 0.704. The lowest BCUT2D eigenvalue weighted by Crippen LogP contribution is -2.52. The zero-order valence-corrected chi connectivity index (χ0v) is 18.1. The van der Waals surface area contributed by atoms with Crippen molar-refractivity contribution in [2.45, 2.75) is 64.3 Å². The van der Waals surface area contributed by atoms with Crippen molar-refractivity contribution in [3.8, 4) is 0 Å². The number of amides is 2. The summed E-state index contributed by atoms with van der Waals surface area (Å²) in [4.78, 5) is 35.7. The van der Waals surface area contributed by atoms with Crippen LogP contribution in [0, 0.1) is 5.92 Å². The highest BCUT2D eigenvalue weighted by Crippen LogP contribution is 2.25. The number of nitrogens with zero attached hydrogens (tertiary/aromatic N) is 4. The maximum Gasteiger partial charge on any atom is 0.245 e. The van der Waals surface area contributed by atoms with Gasteiger partial charge in [-0.25, -0.2) is 0 Å². The van der Waals surface area contributed by atoms with Gasteiger partial charge in [-0.05, 0) is 63.0 Å². The van der Waals surface area contributed by atoms with Crippen molar-refractivity contribution in [2.75, 3.05) is 38.1 Å². The normalized spacial score (nSPS) is 20.6. The van der Waals surface area contributed by atoms with Gasteiger partial charge in [0.2, 0.25) is 11.8 Å². The summed E-state index contributed by atoms with van der Waals surface area (Å²) in [6.45, 7) is 5.66. The number of aromatic nitrogens is 1. The molecule has 2 amide bonds. The minimum absolute atomic E-state index is 0.128. The van der Waals surface area contributed by atoms with E-state index in [1.807, 2.05) is 36.2 Å². The molecular weight excluding hydrogens is 364 g/mol. The lowest BCUT2D eigenvalue weighted by atomic mass is 9.93. The smallest absolute Gasteiger partial charge is 0.245 e. The summed E-state index contributed by atoms with van der Waals surface area (Å²) < 4.78 is 0. The minimum Gasteiger partial charge on any atom is -0.371 e. The third kappa shape index (κ3) is 5.71. The first-order chi connectivity index (χ1) is 14.1. The SMILES string of the molecule is CCCC(=O)N1CCCC[C@@H]1C(=O)N(C)CCC1CCN(c2ccncc2)CC1. The molecule has 160 valence electrons. The average molecular weight is 401 g/mol. The van der Waals surface area contributed by atoms with Crippen molar-refractivity contribution < 1.29 is 9.59 Å². The molecule has 0 bridgehead atoms. The highest BCUT2D eigenvalue weighted by Gasteiger charge is 2.33. The summed E-state index contributed by atoms with van der Waals surface area (Å²) in [5.41, 5.74) is 1.25. The molecule has 29 heavy (non-hydrogen) atoms. The number of likely N-dealkylation sites (tertiary alicyclic amines) is 1. The third-order valence-electron chi connectivity index (χ3n) is 6.46. The molecule has 6 heteroatoms. The van der Waals surface area contributed by atoms with Gasteiger partial charge in [-0.2, -0.15) is 0 Å². The van der Waals surface area contributed by atoms with E-state index in [-0.39, 0.29) is 17.9 Å². The van der Waals surface area contributed by atoms with E-state index in [9.17, 15) is 9.59 Å². The summed E-state index contributed by atoms with van der Waals surface area (Å²) in [6.07, 6.45) is 11.3. The van der Waals surface area contributed by atoms with Crippen LogP contribution in [0.4, 0.5) is 5.69 Å². The number of hydrogen-bond donors (Lipinski definition) is 0. The molecule has 2 aliphatic heterocycles. The molecule has 0 radical (unpaired) electrons. The Bertz CT molecular complexity index is 658. The Morgan fingerprint density at radius 3 is 2.52 bits per heavy atom. The summed E-state index contributed by atoms with van der Waals surface area (Å²) in [5, 5.41) is 0. The van der Waals surface area contributed by atoms with E-state index in [2.05, 4.69) is 22.0 Å². The predicted octanol–water partition coefficient (Wildman–Crippen LogP) is 3.33. The van der Waals surface area contributed by atoms with E-state index in [0.717, 1.165) is 71.1 Å². The van der Waals surface area contributed by atoms with Crippen LogP contribution in [0.25, 0.3) is 0 Å². The Labute approximate surface area is 175 Å². The second kappa shape index (κ2) is 10.6. The number of carbonyl (C=O) groups is 2. The van der Waals surface area contributed by atoms with Gasteiger partial charge in [-0.1, -0.05) is 6.92 Å². The summed E-state index contributed by atoms with van der Waals surface area (Å²) >= 11 is 0. The molecule has 2 aliphatic rings. The molecule has 3 rings (SSSR count). The van der Waals surface area contributed by atoms with Crippen LogP contribution in [0.3, 0.4) is 0 Å². The zero-order valence-electron chi connectivity index (χ0n) is 18.1. The molecule has 2 fully saturated rings. The van der Waals surface area contributed by atoms with E-state index in [1.165, 1.54) is 5.69 Å². The predicted molar refractivity (Wildman–Crippen MR) is 116 cm³/mol. The lowest BCUT2D eigenvalue weighted by Gasteiger charge is -2.38. The van der Waals surface area contributed by atoms with Gasteiger partial charge < -0.3 is 14.7 Å². The first kappa shape index (κ1) is 21.6. The van der Waals surface area contributed by atoms with Crippen molar-refractivity contribution in [3.05, 3.63) is 24.5 Å². The second-order valence-electron chi connectivity index (χ2n) is 8.53. The molecule has 0 aromatic carbocycles. The standard InChI is InChI=1S/C23H36N4O2/c1-3-6-22(28)27-15-5-4-7-21(27)23(29)25(2)16-10-19-11-17-26(18-12-19)20-8-13-24-14-9-20/h8-9,13-14,19,21H,3-7,10-12,15-18H2,1-2H3/t21-/m1/s1. The molecule has 0 unspecified atom stereocenters. The lowest BCUT2D eigenvalue weighted by molar-refractivity contribution is -0.147. The van der Waals surface area contributed by atoms with Gasteiger partial charge in [-0.3, -0.25) is 14.6 Å². The van der Waals surface area contributed by atoms with Crippen LogP contribution in [-0.2, 0) is 9.59 Å². The van der Waals surface area contributed by atoms with Gasteiger partial charge in [0.1, 0.15) is 6.04 Å². The van der Waals surface area contributed by atoms with Gasteiger partial charge >= 0.3 is 0 Å². The van der Waals surface area contributed by atoms with E-state index < -0.39 is 0 Å². The average Bonchev–Trinajstić information content (AvgIpc) is 2.78. The number of likely N-dealkylation sites (N-methyl/N-ethyl adjacent to an activating group) is 1. The van der Waals surface area contributed by atoms with Crippen molar-refractivity contribution in [2.24, 2.45) is 5.92 Å². The Morgan fingerprint density at radius 1 is 1.10 bits per heavy atom.